The molecular formula is C27H32F3N5O3S. The minimum Gasteiger partial charge on any atom is -0.377 e. The number of benzene rings is 1. The van der Waals surface area contributed by atoms with Crippen LogP contribution < -0.4 is 5.32 Å². The molecule has 39 heavy (non-hydrogen) atoms. The van der Waals surface area contributed by atoms with Gasteiger partial charge in [-0.3, -0.25) is 9.59 Å². The average Bonchev–Trinajstić information content (AvgIpc) is 3.28. The maximum atomic E-state index is 14.2. The number of carbonyl (C=O) groups is 2. The van der Waals surface area contributed by atoms with E-state index in [9.17, 15) is 22.8 Å². The second kappa shape index (κ2) is 11.5. The van der Waals surface area contributed by atoms with Gasteiger partial charge in [-0.25, -0.2) is 9.97 Å². The van der Waals surface area contributed by atoms with E-state index in [1.807, 2.05) is 13.8 Å². The van der Waals surface area contributed by atoms with E-state index in [-0.39, 0.29) is 17.6 Å². The minimum absolute atomic E-state index is 0.0424. The van der Waals surface area contributed by atoms with Crippen LogP contribution in [0.2, 0.25) is 0 Å². The van der Waals surface area contributed by atoms with Gasteiger partial charge in [0.25, 0.3) is 0 Å². The van der Waals surface area contributed by atoms with E-state index in [0.29, 0.717) is 37.3 Å². The molecule has 0 unspecified atom stereocenters. The first-order chi connectivity index (χ1) is 18.4. The first-order valence-corrected chi connectivity index (χ1v) is 13.5. The number of likely N-dealkylation sites (tertiary alicyclic amines) is 1. The van der Waals surface area contributed by atoms with E-state index in [4.69, 9.17) is 4.74 Å². The number of amides is 2. The van der Waals surface area contributed by atoms with Gasteiger partial charge in [0, 0.05) is 51.3 Å². The van der Waals surface area contributed by atoms with Crippen molar-refractivity contribution in [1.29, 1.82) is 0 Å². The average molecular weight is 564 g/mol. The molecule has 1 aliphatic rings. The number of hydrogen-bond donors (Lipinski definition) is 1. The highest BCUT2D eigenvalue weighted by atomic mass is 32.1. The van der Waals surface area contributed by atoms with Crippen LogP contribution in [0, 0.1) is 12.8 Å². The summed E-state index contributed by atoms with van der Waals surface area (Å²) in [4.78, 5) is 36.9. The lowest BCUT2D eigenvalue weighted by molar-refractivity contribution is -0.191. The van der Waals surface area contributed by atoms with Gasteiger partial charge in [0.05, 0.1) is 23.0 Å². The van der Waals surface area contributed by atoms with E-state index in [2.05, 4.69) is 15.3 Å². The molecule has 210 valence electrons. The zero-order chi connectivity index (χ0) is 28.5. The second-order valence-corrected chi connectivity index (χ2v) is 11.0. The van der Waals surface area contributed by atoms with Gasteiger partial charge in [-0.2, -0.15) is 13.2 Å². The summed E-state index contributed by atoms with van der Waals surface area (Å²) in [6, 6.07) is 3.76. The molecule has 0 radical (unpaired) electrons. The number of nitrogens with one attached hydrogen (secondary N) is 1. The number of methoxy groups -OCH3 is 1. The number of halogens is 3. The zero-order valence-electron chi connectivity index (χ0n) is 22.5. The van der Waals surface area contributed by atoms with E-state index < -0.39 is 24.0 Å². The number of hydrogen-bond acceptors (Lipinski definition) is 7. The lowest BCUT2D eigenvalue weighted by Gasteiger charge is -2.36. The molecule has 2 amide bonds. The largest absolute Gasteiger partial charge is 0.413 e. The number of nitrogens with zero attached hydrogens (tertiary/aromatic N) is 4. The molecule has 1 N–H and O–H groups in total. The second-order valence-electron chi connectivity index (χ2n) is 9.77. The van der Waals surface area contributed by atoms with Crippen LogP contribution in [0.1, 0.15) is 55.0 Å². The van der Waals surface area contributed by atoms with Gasteiger partial charge in [0.15, 0.2) is 6.04 Å². The predicted octanol–water partition coefficient (Wildman–Crippen LogP) is 5.77. The van der Waals surface area contributed by atoms with Crippen LogP contribution in [-0.4, -0.2) is 65.0 Å². The van der Waals surface area contributed by atoms with Gasteiger partial charge in [-0.05, 0) is 44.4 Å². The predicted molar refractivity (Wildman–Crippen MR) is 144 cm³/mol. The Morgan fingerprint density at radius 3 is 2.41 bits per heavy atom. The molecule has 3 heterocycles. The summed E-state index contributed by atoms with van der Waals surface area (Å²) in [6.07, 6.45) is -2.61. The molecule has 0 aliphatic carbocycles. The topological polar surface area (TPSA) is 87.7 Å². The molecule has 1 saturated heterocycles. The highest BCUT2D eigenvalue weighted by Crippen LogP contribution is 2.40. The fourth-order valence-electron chi connectivity index (χ4n) is 5.02. The molecule has 12 heteroatoms. The molecule has 0 spiro atoms. The van der Waals surface area contributed by atoms with E-state index in [0.717, 1.165) is 25.8 Å². The smallest absolute Gasteiger partial charge is 0.377 e. The summed E-state index contributed by atoms with van der Waals surface area (Å²) in [6.45, 7) is 5.96. The number of rotatable bonds is 7. The van der Waals surface area contributed by atoms with Crippen LogP contribution in [0.4, 0.5) is 24.5 Å². The summed E-state index contributed by atoms with van der Waals surface area (Å²) < 4.78 is 48.3. The van der Waals surface area contributed by atoms with Crippen LogP contribution in [0.3, 0.4) is 0 Å². The number of alkyl halides is 3. The summed E-state index contributed by atoms with van der Waals surface area (Å²) >= 11 is 1.47. The van der Waals surface area contributed by atoms with Crippen LogP contribution in [0.5, 0.6) is 0 Å². The minimum atomic E-state index is -4.67. The Kier molecular flexibility index (Phi) is 8.45. The van der Waals surface area contributed by atoms with Crippen molar-refractivity contribution in [2.75, 3.05) is 32.6 Å². The molecule has 0 saturated carbocycles. The lowest BCUT2D eigenvalue weighted by atomic mass is 9.94. The van der Waals surface area contributed by atoms with Gasteiger partial charge in [-0.15, -0.1) is 0 Å². The Labute approximate surface area is 229 Å². The number of piperidine rings is 1. The van der Waals surface area contributed by atoms with Gasteiger partial charge < -0.3 is 19.9 Å². The van der Waals surface area contributed by atoms with Crippen molar-refractivity contribution in [1.82, 2.24) is 19.8 Å². The maximum absolute atomic E-state index is 14.2. The van der Waals surface area contributed by atoms with E-state index >= 15 is 0 Å². The van der Waals surface area contributed by atoms with Crippen molar-refractivity contribution >= 4 is 44.9 Å². The fourth-order valence-corrected chi connectivity index (χ4v) is 5.80. The van der Waals surface area contributed by atoms with Crippen LogP contribution in [0.25, 0.3) is 10.3 Å². The number of aromatic nitrogens is 2. The monoisotopic (exact) mass is 563 g/mol. The zero-order valence-corrected chi connectivity index (χ0v) is 23.3. The van der Waals surface area contributed by atoms with Crippen molar-refractivity contribution in [3.05, 3.63) is 46.6 Å². The van der Waals surface area contributed by atoms with Crippen LogP contribution >= 0.6 is 11.3 Å². The summed E-state index contributed by atoms with van der Waals surface area (Å²) in [5, 5.41) is 4.10. The number of pyridine rings is 1. The molecule has 8 nitrogen and oxygen atoms in total. The van der Waals surface area contributed by atoms with E-state index in [1.165, 1.54) is 37.4 Å². The van der Waals surface area contributed by atoms with Gasteiger partial charge in [0.2, 0.25) is 11.8 Å². The quantitative estimate of drug-likeness (QED) is 0.393. The maximum Gasteiger partial charge on any atom is 0.413 e. The Bertz CT molecular complexity index is 1340. The van der Waals surface area contributed by atoms with Gasteiger partial charge in [-0.1, -0.05) is 23.5 Å². The Hall–Kier alpha value is -3.25. The number of carbonyl (C=O) groups excluding carboxylic acids is 2. The van der Waals surface area contributed by atoms with E-state index in [1.54, 1.807) is 30.3 Å². The number of anilines is 2. The van der Waals surface area contributed by atoms with Gasteiger partial charge in [0.1, 0.15) is 10.3 Å². The third kappa shape index (κ3) is 6.17. The van der Waals surface area contributed by atoms with Crippen molar-refractivity contribution < 1.29 is 27.5 Å². The first kappa shape index (κ1) is 28.8. The third-order valence-electron chi connectivity index (χ3n) is 7.17. The van der Waals surface area contributed by atoms with Gasteiger partial charge >= 0.3 is 6.18 Å². The molecular weight excluding hydrogens is 531 g/mol. The Morgan fingerprint density at radius 2 is 1.85 bits per heavy atom. The summed E-state index contributed by atoms with van der Waals surface area (Å²) in [5.74, 6) is -1.23. The number of ether oxygens (including phenoxy) is 1. The standard InChI is InChI=1S/C27H32F3N5O3S/c1-15(38-5)22-21(14-31-25-23(22)32-16(2)39-25)33-20-8-6-18(7-9-20)24(27(28,29)30)34(4)26(37)19-10-12-35(13-11-19)17(3)36/h6-9,14-15,19,24,33H,10-13H2,1-5H3/t15-,24+/m1/s1. The fraction of sp³-hybridized carbons (Fsp3) is 0.481. The van der Waals surface area contributed by atoms with Crippen molar-refractivity contribution in [3.63, 3.8) is 0 Å². The molecule has 3 aromatic rings. The molecule has 4 rings (SSSR count). The van der Waals surface area contributed by atoms with Crippen LogP contribution in [-0.2, 0) is 14.3 Å². The third-order valence-corrected chi connectivity index (χ3v) is 8.05. The Morgan fingerprint density at radius 1 is 1.21 bits per heavy atom. The molecule has 1 fully saturated rings. The highest BCUT2D eigenvalue weighted by Gasteiger charge is 2.46. The molecule has 0 bridgehead atoms. The van der Waals surface area contributed by atoms with Crippen molar-refractivity contribution in [2.24, 2.45) is 5.92 Å². The molecule has 1 aromatic carbocycles. The number of aryl methyl sites for hydroxylation is 1. The molecule has 2 atom stereocenters. The van der Waals surface area contributed by atoms with Crippen LogP contribution in [0.15, 0.2) is 30.5 Å². The highest BCUT2D eigenvalue weighted by molar-refractivity contribution is 7.18. The van der Waals surface area contributed by atoms with Crippen molar-refractivity contribution in [3.8, 4) is 0 Å². The normalized spacial score (nSPS) is 16.3. The first-order valence-electron chi connectivity index (χ1n) is 12.7. The summed E-state index contributed by atoms with van der Waals surface area (Å²) in [7, 11) is 2.79. The SMILES string of the molecule is CO[C@H](C)c1c(Nc2ccc([C@H](N(C)C(=O)C3CCN(C(C)=O)CC3)C(F)(F)F)cc2)cnc2sc(C)nc12. The lowest BCUT2D eigenvalue weighted by Crippen LogP contribution is -2.46. The van der Waals surface area contributed by atoms with Crippen molar-refractivity contribution in [2.45, 2.75) is 51.9 Å². The molecule has 2 aromatic heterocycles. The number of thiazole rings is 1. The number of fused-ring (bicyclic) bond motifs is 1. The Balaban J connectivity index is 1.56. The molecule has 1 aliphatic heterocycles. The summed E-state index contributed by atoms with van der Waals surface area (Å²) in [5.41, 5.74) is 2.69.